The predicted octanol–water partition coefficient (Wildman–Crippen LogP) is 4.28. The van der Waals surface area contributed by atoms with E-state index in [1.165, 1.54) is 10.5 Å². The topological polar surface area (TPSA) is 124 Å². The molecule has 1 unspecified atom stereocenters. The van der Waals surface area contributed by atoms with E-state index in [4.69, 9.17) is 9.47 Å². The van der Waals surface area contributed by atoms with Crippen LogP contribution in [0.15, 0.2) is 67.0 Å². The van der Waals surface area contributed by atoms with Gasteiger partial charge in [0.05, 0.1) is 12.1 Å². The standard InChI is InChI=1S/C34H42N4O6/c1-34(2,3)44-33(42)38-22-26-18-27(39)7-4-25(26)19-30(38)31(40)20-36-32(41)24-5-8-28(9-6-24)43-29-12-16-37(17-13-29)21-23-10-14-35-15-11-23/h4-11,14-15,18,29-31,39-40H,12-13,16-17,19-22H2,1-3H3,(H,36,41)/t30?,31-/m1/s1. The summed E-state index contributed by atoms with van der Waals surface area (Å²) in [6.45, 7) is 8.30. The van der Waals surface area contributed by atoms with Crippen LogP contribution >= 0.6 is 0 Å². The van der Waals surface area contributed by atoms with E-state index in [9.17, 15) is 19.8 Å². The van der Waals surface area contributed by atoms with E-state index in [2.05, 4.69) is 15.2 Å². The Hall–Kier alpha value is -4.15. The average Bonchev–Trinajstić information content (AvgIpc) is 3.00. The Labute approximate surface area is 258 Å². The number of amides is 2. The van der Waals surface area contributed by atoms with Crippen molar-refractivity contribution in [3.63, 3.8) is 0 Å². The molecular formula is C34H42N4O6. The summed E-state index contributed by atoms with van der Waals surface area (Å²) in [5.41, 5.74) is 2.71. The first-order valence-electron chi connectivity index (χ1n) is 15.2. The number of benzene rings is 2. The van der Waals surface area contributed by atoms with Crippen molar-refractivity contribution in [2.75, 3.05) is 19.6 Å². The number of rotatable bonds is 8. The van der Waals surface area contributed by atoms with Gasteiger partial charge in [0.2, 0.25) is 0 Å². The summed E-state index contributed by atoms with van der Waals surface area (Å²) in [6, 6.07) is 15.5. The second-order valence-electron chi connectivity index (χ2n) is 12.6. The largest absolute Gasteiger partial charge is 0.508 e. The lowest BCUT2D eigenvalue weighted by molar-refractivity contribution is -0.0113. The van der Waals surface area contributed by atoms with Crippen molar-refractivity contribution in [3.8, 4) is 11.5 Å². The molecule has 44 heavy (non-hydrogen) atoms. The molecule has 3 aromatic rings. The summed E-state index contributed by atoms with van der Waals surface area (Å²) in [4.78, 5) is 34.0. The van der Waals surface area contributed by atoms with Gasteiger partial charge in [0.15, 0.2) is 0 Å². The highest BCUT2D eigenvalue weighted by atomic mass is 16.6. The molecule has 1 fully saturated rings. The second kappa shape index (κ2) is 13.7. The number of fused-ring (bicyclic) bond motifs is 1. The van der Waals surface area contributed by atoms with E-state index >= 15 is 0 Å². The summed E-state index contributed by atoms with van der Waals surface area (Å²) >= 11 is 0. The van der Waals surface area contributed by atoms with Gasteiger partial charge in [-0.25, -0.2) is 4.79 Å². The van der Waals surface area contributed by atoms with Crippen molar-refractivity contribution in [2.24, 2.45) is 0 Å². The lowest BCUT2D eigenvalue weighted by atomic mass is 9.91. The minimum Gasteiger partial charge on any atom is -0.508 e. The highest BCUT2D eigenvalue weighted by Gasteiger charge is 2.37. The predicted molar refractivity (Wildman–Crippen MR) is 165 cm³/mol. The molecule has 234 valence electrons. The first-order valence-corrected chi connectivity index (χ1v) is 15.2. The quantitative estimate of drug-likeness (QED) is 0.349. The van der Waals surface area contributed by atoms with Crippen LogP contribution in [0.2, 0.25) is 0 Å². The molecule has 5 rings (SSSR count). The number of phenolic OH excluding ortho intramolecular Hbond substituents is 1. The Kier molecular flexibility index (Phi) is 9.71. The molecule has 0 bridgehead atoms. The van der Waals surface area contributed by atoms with Crippen LogP contribution in [-0.4, -0.2) is 80.5 Å². The van der Waals surface area contributed by atoms with Crippen molar-refractivity contribution in [1.82, 2.24) is 20.1 Å². The molecule has 0 saturated carbocycles. The van der Waals surface area contributed by atoms with E-state index in [0.717, 1.165) is 43.6 Å². The monoisotopic (exact) mass is 602 g/mol. The van der Waals surface area contributed by atoms with E-state index in [0.29, 0.717) is 17.7 Å². The number of aliphatic hydroxyl groups excluding tert-OH is 1. The van der Waals surface area contributed by atoms with E-state index in [-0.39, 0.29) is 30.9 Å². The number of likely N-dealkylation sites (tertiary alicyclic amines) is 1. The van der Waals surface area contributed by atoms with Gasteiger partial charge in [-0.2, -0.15) is 0 Å². The number of carbonyl (C=O) groups excluding carboxylic acids is 2. The smallest absolute Gasteiger partial charge is 0.410 e. The van der Waals surface area contributed by atoms with E-state index in [1.807, 2.05) is 24.5 Å². The molecular weight excluding hydrogens is 560 g/mol. The van der Waals surface area contributed by atoms with Crippen LogP contribution in [0, 0.1) is 0 Å². The molecule has 2 aliphatic rings. The highest BCUT2D eigenvalue weighted by Crippen LogP contribution is 2.29. The first-order chi connectivity index (χ1) is 21.0. The normalized spacial score (nSPS) is 18.3. The van der Waals surface area contributed by atoms with Crippen LogP contribution in [0.1, 0.15) is 60.7 Å². The Bertz CT molecular complexity index is 1420. The maximum absolute atomic E-state index is 13.1. The number of nitrogens with zero attached hydrogens (tertiary/aromatic N) is 3. The van der Waals surface area contributed by atoms with Crippen molar-refractivity contribution < 1.29 is 29.3 Å². The molecule has 0 radical (unpaired) electrons. The lowest BCUT2D eigenvalue weighted by Crippen LogP contribution is -2.54. The first kappa shape index (κ1) is 31.3. The van der Waals surface area contributed by atoms with Crippen molar-refractivity contribution >= 4 is 12.0 Å². The Morgan fingerprint density at radius 1 is 1.02 bits per heavy atom. The summed E-state index contributed by atoms with van der Waals surface area (Å²) < 4.78 is 11.8. The van der Waals surface area contributed by atoms with Gasteiger partial charge in [-0.15, -0.1) is 0 Å². The van der Waals surface area contributed by atoms with Crippen molar-refractivity contribution in [3.05, 3.63) is 89.2 Å². The number of aromatic hydroxyl groups is 1. The Morgan fingerprint density at radius 3 is 2.41 bits per heavy atom. The maximum Gasteiger partial charge on any atom is 0.410 e. The summed E-state index contributed by atoms with van der Waals surface area (Å²) in [5, 5.41) is 23.9. The second-order valence-corrected chi connectivity index (χ2v) is 12.6. The number of ether oxygens (including phenoxy) is 2. The number of hydrogen-bond donors (Lipinski definition) is 3. The minimum atomic E-state index is -1.04. The molecule has 2 atom stereocenters. The Balaban J connectivity index is 1.13. The molecule has 0 spiro atoms. The molecule has 0 aliphatic carbocycles. The van der Waals surface area contributed by atoms with E-state index in [1.54, 1.807) is 63.2 Å². The zero-order valence-electron chi connectivity index (χ0n) is 25.6. The number of carbonyl (C=O) groups is 2. The van der Waals surface area contributed by atoms with Crippen LogP contribution in [0.3, 0.4) is 0 Å². The molecule has 1 aromatic heterocycles. The molecule has 2 amide bonds. The average molecular weight is 603 g/mol. The molecule has 1 saturated heterocycles. The van der Waals surface area contributed by atoms with Crippen LogP contribution < -0.4 is 10.1 Å². The van der Waals surface area contributed by atoms with Gasteiger partial charge in [-0.3, -0.25) is 19.6 Å². The zero-order valence-corrected chi connectivity index (χ0v) is 25.6. The third kappa shape index (κ3) is 8.27. The number of pyridine rings is 1. The number of aromatic nitrogens is 1. The fourth-order valence-electron chi connectivity index (χ4n) is 5.70. The lowest BCUT2D eigenvalue weighted by Gasteiger charge is -2.40. The van der Waals surface area contributed by atoms with Gasteiger partial charge in [0.1, 0.15) is 23.2 Å². The SMILES string of the molecule is CC(C)(C)OC(=O)N1Cc2cc(O)ccc2CC1[C@H](O)CNC(=O)c1ccc(OC2CCN(Cc3ccncc3)CC2)cc1. The third-order valence-corrected chi connectivity index (χ3v) is 8.01. The van der Waals surface area contributed by atoms with Crippen molar-refractivity contribution in [2.45, 2.75) is 77.0 Å². The van der Waals surface area contributed by atoms with Crippen molar-refractivity contribution in [1.29, 1.82) is 0 Å². The van der Waals surface area contributed by atoms with Crippen LogP contribution in [-0.2, 0) is 24.2 Å². The summed E-state index contributed by atoms with van der Waals surface area (Å²) in [5.74, 6) is 0.497. The summed E-state index contributed by atoms with van der Waals surface area (Å²) in [6.07, 6.45) is 4.38. The molecule has 2 aromatic carbocycles. The van der Waals surface area contributed by atoms with Crippen LogP contribution in [0.5, 0.6) is 11.5 Å². The minimum absolute atomic E-state index is 0.0491. The van der Waals surface area contributed by atoms with Crippen LogP contribution in [0.4, 0.5) is 4.79 Å². The Morgan fingerprint density at radius 2 is 1.73 bits per heavy atom. The molecule has 10 nitrogen and oxygen atoms in total. The van der Waals surface area contributed by atoms with Gasteiger partial charge < -0.3 is 25.0 Å². The van der Waals surface area contributed by atoms with Gasteiger partial charge >= 0.3 is 6.09 Å². The number of aliphatic hydroxyl groups is 1. The van der Waals surface area contributed by atoms with Crippen LogP contribution in [0.25, 0.3) is 0 Å². The van der Waals surface area contributed by atoms with E-state index < -0.39 is 23.8 Å². The number of nitrogens with one attached hydrogen (secondary N) is 1. The number of piperidine rings is 1. The highest BCUT2D eigenvalue weighted by molar-refractivity contribution is 5.94. The fourth-order valence-corrected chi connectivity index (χ4v) is 5.70. The van der Waals surface area contributed by atoms with Gasteiger partial charge in [-0.1, -0.05) is 6.07 Å². The zero-order chi connectivity index (χ0) is 31.3. The molecule has 10 heteroatoms. The molecule has 3 heterocycles. The number of phenols is 1. The number of hydrogen-bond acceptors (Lipinski definition) is 8. The van der Waals surface area contributed by atoms with Gasteiger partial charge in [0.25, 0.3) is 5.91 Å². The maximum atomic E-state index is 13.1. The summed E-state index contributed by atoms with van der Waals surface area (Å²) in [7, 11) is 0. The van der Waals surface area contributed by atoms with Gasteiger partial charge in [-0.05, 0) is 105 Å². The third-order valence-electron chi connectivity index (χ3n) is 8.01. The molecule has 3 N–H and O–H groups in total. The fraction of sp³-hybridized carbons (Fsp3) is 0.441. The molecule has 2 aliphatic heterocycles. The van der Waals surface area contributed by atoms with Gasteiger partial charge in [0, 0.05) is 50.7 Å².